The summed E-state index contributed by atoms with van der Waals surface area (Å²) in [4.78, 5) is 15.0. The Morgan fingerprint density at radius 1 is 1.04 bits per heavy atom. The van der Waals surface area contributed by atoms with Crippen molar-refractivity contribution in [1.29, 1.82) is 0 Å². The fourth-order valence-corrected chi connectivity index (χ4v) is 3.71. The number of carbonyl (C=O) groups excluding carboxylic acids is 1. The topological polar surface area (TPSA) is 47.2 Å². The van der Waals surface area contributed by atoms with E-state index in [0.29, 0.717) is 18.8 Å². The predicted octanol–water partition coefficient (Wildman–Crippen LogP) is 0.243. The van der Waals surface area contributed by atoms with Crippen LogP contribution in [0, 0.1) is 19.7 Å². The summed E-state index contributed by atoms with van der Waals surface area (Å²) in [6, 6.07) is 12.3. The van der Waals surface area contributed by atoms with Gasteiger partial charge in [0.05, 0.1) is 0 Å². The van der Waals surface area contributed by atoms with Crippen LogP contribution in [0.1, 0.15) is 11.1 Å². The standard InChI is InChI=1S/C22H28FN3O2/c1-17-12-18(2)14-21(13-17)28-11-10-25-6-8-26(9-7-25)16-22(27)24-20-5-3-4-19(23)15-20/h3-5,12-15H,6-11,16H2,1-2H3,(H,24,27)/p+2. The normalized spacial score (nSPS) is 19.2. The van der Waals surface area contributed by atoms with Crippen molar-refractivity contribution in [2.24, 2.45) is 0 Å². The summed E-state index contributed by atoms with van der Waals surface area (Å²) in [6.45, 7) is 10.2. The summed E-state index contributed by atoms with van der Waals surface area (Å²) in [5.74, 6) is 0.530. The highest BCUT2D eigenvalue weighted by atomic mass is 19.1. The zero-order valence-corrected chi connectivity index (χ0v) is 16.7. The second kappa shape index (κ2) is 9.66. The first-order valence-corrected chi connectivity index (χ1v) is 9.91. The molecule has 1 amide bonds. The molecule has 28 heavy (non-hydrogen) atoms. The molecule has 1 aliphatic heterocycles. The minimum absolute atomic E-state index is 0.0674. The highest BCUT2D eigenvalue weighted by molar-refractivity contribution is 5.91. The van der Waals surface area contributed by atoms with Crippen LogP contribution in [0.4, 0.5) is 10.1 Å². The molecular weight excluding hydrogens is 357 g/mol. The number of benzene rings is 2. The van der Waals surface area contributed by atoms with Crippen LogP contribution >= 0.6 is 0 Å². The van der Waals surface area contributed by atoms with Crippen molar-refractivity contribution in [1.82, 2.24) is 0 Å². The summed E-state index contributed by atoms with van der Waals surface area (Å²) in [7, 11) is 0. The zero-order chi connectivity index (χ0) is 19.9. The van der Waals surface area contributed by atoms with Gasteiger partial charge in [-0.05, 0) is 55.3 Å². The van der Waals surface area contributed by atoms with Crippen LogP contribution < -0.4 is 19.9 Å². The third kappa shape index (κ3) is 6.32. The van der Waals surface area contributed by atoms with E-state index in [2.05, 4.69) is 37.4 Å². The predicted molar refractivity (Wildman–Crippen MR) is 108 cm³/mol. The van der Waals surface area contributed by atoms with Gasteiger partial charge in [0.15, 0.2) is 6.54 Å². The highest BCUT2D eigenvalue weighted by Crippen LogP contribution is 2.15. The summed E-state index contributed by atoms with van der Waals surface area (Å²) in [5.41, 5.74) is 2.95. The number of anilines is 1. The number of piperazine rings is 1. The van der Waals surface area contributed by atoms with Crippen molar-refractivity contribution < 1.29 is 23.7 Å². The van der Waals surface area contributed by atoms with Crippen molar-refractivity contribution in [2.75, 3.05) is 51.2 Å². The first-order chi connectivity index (χ1) is 13.5. The number of amides is 1. The van der Waals surface area contributed by atoms with Crippen molar-refractivity contribution in [3.8, 4) is 5.75 Å². The molecule has 0 aromatic heterocycles. The largest absolute Gasteiger partial charge is 0.488 e. The van der Waals surface area contributed by atoms with Gasteiger partial charge >= 0.3 is 0 Å². The van der Waals surface area contributed by atoms with Crippen LogP contribution in [0.25, 0.3) is 0 Å². The fourth-order valence-electron chi connectivity index (χ4n) is 3.71. The van der Waals surface area contributed by atoms with Gasteiger partial charge in [-0.25, -0.2) is 4.39 Å². The Morgan fingerprint density at radius 3 is 2.39 bits per heavy atom. The second-order valence-electron chi connectivity index (χ2n) is 7.66. The first kappa shape index (κ1) is 20.3. The smallest absolute Gasteiger partial charge is 0.279 e. The van der Waals surface area contributed by atoms with E-state index >= 15 is 0 Å². The monoisotopic (exact) mass is 387 g/mol. The molecule has 0 atom stereocenters. The maximum atomic E-state index is 13.2. The SMILES string of the molecule is Cc1cc(C)cc(OCC[NH+]2CC[NH+](CC(=O)Nc3cccc(F)c3)CC2)c1. The van der Waals surface area contributed by atoms with Crippen molar-refractivity contribution in [2.45, 2.75) is 13.8 Å². The molecule has 5 nitrogen and oxygen atoms in total. The van der Waals surface area contributed by atoms with E-state index in [1.807, 2.05) is 0 Å². The van der Waals surface area contributed by atoms with Crippen LogP contribution in [0.2, 0.25) is 0 Å². The average molecular weight is 387 g/mol. The lowest BCUT2D eigenvalue weighted by Crippen LogP contribution is -3.28. The maximum absolute atomic E-state index is 13.2. The second-order valence-corrected chi connectivity index (χ2v) is 7.66. The van der Waals surface area contributed by atoms with Gasteiger partial charge < -0.3 is 19.9 Å². The van der Waals surface area contributed by atoms with Crippen molar-refractivity contribution in [3.63, 3.8) is 0 Å². The van der Waals surface area contributed by atoms with E-state index in [1.54, 1.807) is 12.1 Å². The summed E-state index contributed by atoms with van der Waals surface area (Å²) < 4.78 is 19.1. The number of rotatable bonds is 7. The number of aryl methyl sites for hydroxylation is 2. The summed E-state index contributed by atoms with van der Waals surface area (Å²) in [5, 5.41) is 2.78. The van der Waals surface area contributed by atoms with Crippen LogP contribution in [-0.2, 0) is 4.79 Å². The molecule has 150 valence electrons. The average Bonchev–Trinajstić information content (AvgIpc) is 2.62. The Morgan fingerprint density at radius 2 is 1.71 bits per heavy atom. The molecular formula is C22H30FN3O2+2. The Kier molecular flexibility index (Phi) is 7.01. The number of hydrogen-bond acceptors (Lipinski definition) is 2. The Hall–Kier alpha value is -2.44. The molecule has 1 fully saturated rings. The number of carbonyl (C=O) groups is 1. The summed E-state index contributed by atoms with van der Waals surface area (Å²) in [6.07, 6.45) is 0. The molecule has 1 saturated heterocycles. The summed E-state index contributed by atoms with van der Waals surface area (Å²) >= 11 is 0. The zero-order valence-electron chi connectivity index (χ0n) is 16.7. The molecule has 1 aliphatic rings. The van der Waals surface area contributed by atoms with Gasteiger partial charge in [0, 0.05) is 5.69 Å². The Bertz CT molecular complexity index is 784. The minimum Gasteiger partial charge on any atom is -0.488 e. The van der Waals surface area contributed by atoms with Crippen molar-refractivity contribution in [3.05, 3.63) is 59.4 Å². The van der Waals surface area contributed by atoms with Crippen molar-refractivity contribution >= 4 is 11.6 Å². The molecule has 0 radical (unpaired) electrons. The van der Waals surface area contributed by atoms with Crippen LogP contribution in [0.15, 0.2) is 42.5 Å². The molecule has 6 heteroatoms. The third-order valence-corrected chi connectivity index (χ3v) is 5.10. The Labute approximate surface area is 166 Å². The number of quaternary nitrogens is 2. The number of hydrogen-bond donors (Lipinski definition) is 3. The lowest BCUT2D eigenvalue weighted by molar-refractivity contribution is -1.01. The number of ether oxygens (including phenoxy) is 1. The van der Waals surface area contributed by atoms with Gasteiger partial charge in [-0.3, -0.25) is 4.79 Å². The highest BCUT2D eigenvalue weighted by Gasteiger charge is 2.24. The molecule has 0 spiro atoms. The van der Waals surface area contributed by atoms with E-state index in [9.17, 15) is 9.18 Å². The van der Waals surface area contributed by atoms with E-state index in [0.717, 1.165) is 38.5 Å². The quantitative estimate of drug-likeness (QED) is 0.638. The third-order valence-electron chi connectivity index (χ3n) is 5.10. The molecule has 1 heterocycles. The number of nitrogens with one attached hydrogen (secondary N) is 3. The van der Waals surface area contributed by atoms with Gasteiger partial charge in [-0.2, -0.15) is 0 Å². The van der Waals surface area contributed by atoms with E-state index in [-0.39, 0.29) is 11.7 Å². The molecule has 2 aromatic rings. The molecule has 2 aromatic carbocycles. The molecule has 3 rings (SSSR count). The maximum Gasteiger partial charge on any atom is 0.279 e. The number of halogens is 1. The van der Waals surface area contributed by atoms with Crippen LogP contribution in [0.3, 0.4) is 0 Å². The van der Waals surface area contributed by atoms with Crippen LogP contribution in [-0.4, -0.2) is 51.8 Å². The minimum atomic E-state index is -0.342. The lowest BCUT2D eigenvalue weighted by Gasteiger charge is -2.29. The molecule has 0 saturated carbocycles. The van der Waals surface area contributed by atoms with Gasteiger partial charge in [0.2, 0.25) is 0 Å². The molecule has 0 bridgehead atoms. The van der Waals surface area contributed by atoms with Gasteiger partial charge in [0.1, 0.15) is 50.9 Å². The lowest BCUT2D eigenvalue weighted by atomic mass is 10.1. The van der Waals surface area contributed by atoms with Gasteiger partial charge in [-0.15, -0.1) is 0 Å². The van der Waals surface area contributed by atoms with Gasteiger partial charge in [0.25, 0.3) is 5.91 Å². The van der Waals surface area contributed by atoms with Crippen LogP contribution in [0.5, 0.6) is 5.75 Å². The van der Waals surface area contributed by atoms with E-state index in [4.69, 9.17) is 4.74 Å². The molecule has 0 unspecified atom stereocenters. The molecule has 0 aliphatic carbocycles. The van der Waals surface area contributed by atoms with E-state index in [1.165, 1.54) is 33.1 Å². The first-order valence-electron chi connectivity index (χ1n) is 9.91. The Balaban J connectivity index is 1.35. The van der Waals surface area contributed by atoms with E-state index < -0.39 is 0 Å². The molecule has 3 N–H and O–H groups in total. The fraction of sp³-hybridized carbons (Fsp3) is 0.409. The van der Waals surface area contributed by atoms with Gasteiger partial charge in [-0.1, -0.05) is 12.1 Å².